The van der Waals surface area contributed by atoms with E-state index < -0.39 is 138 Å². The molecule has 0 aromatic heterocycles. The predicted octanol–water partition coefficient (Wildman–Crippen LogP) is 4.14. The maximum Gasteiger partial charge on any atom is 0.303 e. The molecule has 10 atom stereocenters. The second-order valence-corrected chi connectivity index (χ2v) is 26.8. The van der Waals surface area contributed by atoms with Crippen LogP contribution >= 0.6 is 0 Å². The molecule has 0 aliphatic carbocycles. The van der Waals surface area contributed by atoms with E-state index >= 15 is 0 Å². The van der Waals surface area contributed by atoms with Crippen LogP contribution < -0.4 is 32.3 Å². The first kappa shape index (κ1) is 82.7. The van der Waals surface area contributed by atoms with Gasteiger partial charge in [-0.2, -0.15) is 0 Å². The van der Waals surface area contributed by atoms with E-state index in [1.165, 1.54) is 87.7 Å². The van der Waals surface area contributed by atoms with Gasteiger partial charge in [0.05, 0.1) is 13.1 Å². The number of nitrogens with zero attached hydrogens (tertiary/aromatic N) is 6. The fraction of sp³-hybridized carbons (Fsp3) is 0.731. The monoisotopic (exact) mass is 1300 g/mol. The van der Waals surface area contributed by atoms with Crippen molar-refractivity contribution in [3.63, 3.8) is 0 Å². The highest BCUT2D eigenvalue weighted by Crippen LogP contribution is 2.25. The Morgan fingerprint density at radius 3 is 1.54 bits per heavy atom. The first-order valence-corrected chi connectivity index (χ1v) is 32.7. The fourth-order valence-electron chi connectivity index (χ4n) is 11.0. The van der Waals surface area contributed by atoms with Crippen LogP contribution in [0.2, 0.25) is 0 Å². The molecule has 0 bridgehead atoms. The van der Waals surface area contributed by atoms with Gasteiger partial charge < -0.3 is 66.5 Å². The average molecular weight is 1300 g/mol. The number of carbonyl (C=O) groups excluding carboxylic acids is 12. The lowest BCUT2D eigenvalue weighted by atomic mass is 9.90. The lowest BCUT2D eigenvalue weighted by Gasteiger charge is -2.37. The number of aryl methyl sites for hydroxylation is 1. The summed E-state index contributed by atoms with van der Waals surface area (Å²) in [5.41, 5.74) is 7.63. The van der Waals surface area contributed by atoms with Crippen LogP contribution in [0, 0.1) is 35.5 Å². The lowest BCUT2D eigenvalue weighted by Crippen LogP contribution is -2.61. The van der Waals surface area contributed by atoms with Gasteiger partial charge in [-0.3, -0.25) is 57.5 Å². The number of hydrogen-bond acceptors (Lipinski definition) is 14. The molecule has 0 heterocycles. The van der Waals surface area contributed by atoms with Gasteiger partial charge in [-0.1, -0.05) is 102 Å². The van der Waals surface area contributed by atoms with E-state index in [0.29, 0.717) is 37.8 Å². The molecule has 0 saturated carbocycles. The summed E-state index contributed by atoms with van der Waals surface area (Å²) in [4.78, 5) is 174. The molecular weight excluding hydrogens is 1180 g/mol. The second kappa shape index (κ2) is 39.9. The van der Waals surface area contributed by atoms with E-state index in [-0.39, 0.29) is 67.6 Å². The number of ether oxygens (including phenoxy) is 1. The summed E-state index contributed by atoms with van der Waals surface area (Å²) in [6.45, 7) is 25.5. The third-order valence-electron chi connectivity index (χ3n) is 16.5. The molecule has 1 rings (SSSR count). The van der Waals surface area contributed by atoms with Crippen LogP contribution in [0.4, 0.5) is 5.69 Å². The lowest BCUT2D eigenvalue weighted by molar-refractivity contribution is -0.161. The van der Waals surface area contributed by atoms with Gasteiger partial charge in [0, 0.05) is 68.4 Å². The highest BCUT2D eigenvalue weighted by Gasteiger charge is 2.43. The maximum absolute atomic E-state index is 14.6. The highest BCUT2D eigenvalue weighted by molar-refractivity contribution is 5.98. The van der Waals surface area contributed by atoms with Gasteiger partial charge in [0.15, 0.2) is 0 Å². The van der Waals surface area contributed by atoms with Crippen molar-refractivity contribution in [3.05, 3.63) is 29.8 Å². The third-order valence-corrected chi connectivity index (χ3v) is 16.5. The van der Waals surface area contributed by atoms with Crippen LogP contribution in [0.25, 0.3) is 0 Å². The van der Waals surface area contributed by atoms with E-state index in [1.807, 2.05) is 87.4 Å². The van der Waals surface area contributed by atoms with Crippen molar-refractivity contribution in [2.24, 2.45) is 35.5 Å². The standard InChI is InChI=1S/C67H116N12O13/c1-23-27-54(81)79(22)58(59(92-46(15)80)44(13)28-25-29-47-30-26-31-48(68)36-47)64(88)72-49(24-2)65(89)74(17)38-56(83)75(18)51(33-40(5)6)63(87)73-57(43(11)12)67(91)78(21)52(34-41(7)8)62(86)71-45(14)60(84)70-37-55(82)76(19)53(35-42(9)10)66(90)77(20)50(32-39(3)4)61(85)69-16/h26,30-31,36,39-45,49-53,57-59H,23-25,27-29,32-35,37-38,68H2,1-22H3,(H,69,85)(H,70,84)(H,71,86)(H,72,88)(H,73,87)/t44-,45-,49+,50+,51+,52+,53+,57+,58?,59-/m1/s1. The Hall–Kier alpha value is -7.34. The Balaban J connectivity index is 3.37. The predicted molar refractivity (Wildman–Crippen MR) is 355 cm³/mol. The van der Waals surface area contributed by atoms with Gasteiger partial charge in [-0.05, 0) is 118 Å². The molecule has 0 aliphatic rings. The summed E-state index contributed by atoms with van der Waals surface area (Å²) in [6.07, 6.45) is 2.35. The number of hydrogen-bond donors (Lipinski definition) is 6. The Bertz CT molecular complexity index is 2630. The van der Waals surface area contributed by atoms with Gasteiger partial charge in [0.25, 0.3) is 0 Å². The second-order valence-electron chi connectivity index (χ2n) is 26.8. The number of esters is 1. The van der Waals surface area contributed by atoms with Crippen molar-refractivity contribution in [1.29, 1.82) is 0 Å². The number of nitrogen functional groups attached to an aromatic ring is 1. The molecule has 7 N–H and O–H groups in total. The number of likely N-dealkylation sites (N-methyl/N-ethyl adjacent to an activating group) is 7. The number of carbonyl (C=O) groups is 12. The third kappa shape index (κ3) is 26.3. The molecule has 522 valence electrons. The summed E-state index contributed by atoms with van der Waals surface area (Å²) in [7, 11) is 10.2. The molecule has 1 aromatic rings. The van der Waals surface area contributed by atoms with Crippen LogP contribution in [0.15, 0.2) is 24.3 Å². The molecule has 0 saturated heterocycles. The van der Waals surface area contributed by atoms with Crippen LogP contribution in [0.1, 0.15) is 167 Å². The van der Waals surface area contributed by atoms with Gasteiger partial charge in [0.2, 0.25) is 65.0 Å². The van der Waals surface area contributed by atoms with Crippen molar-refractivity contribution in [2.75, 3.05) is 68.2 Å². The molecule has 92 heavy (non-hydrogen) atoms. The van der Waals surface area contributed by atoms with E-state index in [2.05, 4.69) is 26.6 Å². The van der Waals surface area contributed by atoms with Gasteiger partial charge >= 0.3 is 5.97 Å². The minimum Gasteiger partial charge on any atom is -0.460 e. The molecule has 0 radical (unpaired) electrons. The quantitative estimate of drug-likeness (QED) is 0.0399. The van der Waals surface area contributed by atoms with Crippen molar-refractivity contribution < 1.29 is 62.3 Å². The van der Waals surface area contributed by atoms with Crippen molar-refractivity contribution in [2.45, 2.75) is 223 Å². The zero-order valence-electron chi connectivity index (χ0n) is 59.5. The number of nitrogens with one attached hydrogen (secondary N) is 5. The Labute approximate surface area is 548 Å². The minimum absolute atomic E-state index is 0.0186. The van der Waals surface area contributed by atoms with Crippen molar-refractivity contribution in [3.8, 4) is 0 Å². The highest BCUT2D eigenvalue weighted by atomic mass is 16.5. The van der Waals surface area contributed by atoms with Crippen LogP contribution in [0.5, 0.6) is 0 Å². The van der Waals surface area contributed by atoms with E-state index in [0.717, 1.165) is 10.5 Å². The molecule has 25 heteroatoms. The Kier molecular flexibility index (Phi) is 35.9. The van der Waals surface area contributed by atoms with Crippen molar-refractivity contribution in [1.82, 2.24) is 56.0 Å². The fourth-order valence-corrected chi connectivity index (χ4v) is 11.0. The molecule has 1 aromatic carbocycles. The van der Waals surface area contributed by atoms with Crippen molar-refractivity contribution >= 4 is 76.6 Å². The number of nitrogens with two attached hydrogens (primary N) is 1. The number of benzene rings is 1. The molecule has 1 unspecified atom stereocenters. The van der Waals surface area contributed by atoms with E-state index in [4.69, 9.17) is 10.5 Å². The summed E-state index contributed by atoms with van der Waals surface area (Å²) in [5.74, 6) is -8.24. The van der Waals surface area contributed by atoms with Gasteiger partial charge in [-0.25, -0.2) is 0 Å². The number of amides is 11. The SMILES string of the molecule is CCCC(=O)N(C)C(C(=O)N[C@@H](CC)C(=O)N(C)CC(=O)N(C)[C@@H](CC(C)C)C(=O)N[C@H](C(=O)N(C)[C@@H](CC(C)C)C(=O)N[C@H](C)C(=O)NCC(=O)N(C)[C@@H](CC(C)C)C(=O)N(C)[C@@H](CC(C)C)C(=O)NC)C(C)C)[C@H](OC(C)=O)[C@H](C)CCCc1cccc(N)c1. The van der Waals surface area contributed by atoms with E-state index in [1.54, 1.807) is 26.8 Å². The molecule has 0 aliphatic heterocycles. The molecular formula is C67H116N12O13. The Morgan fingerprint density at radius 2 is 1.05 bits per heavy atom. The summed E-state index contributed by atoms with van der Waals surface area (Å²) < 4.78 is 5.84. The first-order valence-electron chi connectivity index (χ1n) is 32.7. The van der Waals surface area contributed by atoms with Crippen LogP contribution in [-0.4, -0.2) is 217 Å². The minimum atomic E-state index is -1.33. The molecule has 25 nitrogen and oxygen atoms in total. The molecule has 0 spiro atoms. The first-order chi connectivity index (χ1) is 42.8. The largest absolute Gasteiger partial charge is 0.460 e. The van der Waals surface area contributed by atoms with E-state index in [9.17, 15) is 57.5 Å². The summed E-state index contributed by atoms with van der Waals surface area (Å²) >= 11 is 0. The average Bonchev–Trinajstić information content (AvgIpc) is 0.955. The maximum atomic E-state index is 14.6. The zero-order chi connectivity index (χ0) is 70.8. The zero-order valence-corrected chi connectivity index (χ0v) is 59.5. The molecule has 11 amide bonds. The van der Waals surface area contributed by atoms with Crippen LogP contribution in [0.3, 0.4) is 0 Å². The molecule has 0 fully saturated rings. The number of anilines is 1. The topological polar surface area (TPSA) is 320 Å². The Morgan fingerprint density at radius 1 is 0.554 bits per heavy atom. The van der Waals surface area contributed by atoms with Gasteiger partial charge in [-0.15, -0.1) is 0 Å². The number of rotatable bonds is 39. The van der Waals surface area contributed by atoms with Crippen LogP contribution in [-0.2, 0) is 68.7 Å². The summed E-state index contributed by atoms with van der Waals surface area (Å²) in [6, 6.07) is -1.44. The summed E-state index contributed by atoms with van der Waals surface area (Å²) in [5, 5.41) is 13.5. The normalized spacial score (nSPS) is 14.7. The van der Waals surface area contributed by atoms with Gasteiger partial charge in [0.1, 0.15) is 54.4 Å². The smallest absolute Gasteiger partial charge is 0.303 e.